The van der Waals surface area contributed by atoms with Crippen molar-refractivity contribution in [1.82, 2.24) is 0 Å². The molecule has 0 spiro atoms. The van der Waals surface area contributed by atoms with Gasteiger partial charge in [-0.1, -0.05) is 19.9 Å². The Labute approximate surface area is 61.2 Å². The summed E-state index contributed by atoms with van der Waals surface area (Å²) in [7, 11) is 0. The van der Waals surface area contributed by atoms with Crippen LogP contribution in [-0.2, 0) is 0 Å². The van der Waals surface area contributed by atoms with Crippen molar-refractivity contribution in [1.29, 1.82) is 5.41 Å². The van der Waals surface area contributed by atoms with Crippen molar-refractivity contribution in [2.24, 2.45) is 10.4 Å². The van der Waals surface area contributed by atoms with E-state index in [4.69, 9.17) is 5.41 Å². The molecule has 54 valence electrons. The molecule has 2 heteroatoms. The summed E-state index contributed by atoms with van der Waals surface area (Å²) in [5.41, 5.74) is 0.616. The van der Waals surface area contributed by atoms with Crippen molar-refractivity contribution in [3.8, 4) is 0 Å². The highest BCUT2D eigenvalue weighted by Gasteiger charge is 2.13. The molecule has 0 bridgehead atoms. The number of rotatable bonds is 0. The number of hydrogen-bond acceptors (Lipinski definition) is 2. The third kappa shape index (κ3) is 1.79. The van der Waals surface area contributed by atoms with Crippen molar-refractivity contribution in [2.75, 3.05) is 6.54 Å². The van der Waals surface area contributed by atoms with Gasteiger partial charge in [-0.3, -0.25) is 10.4 Å². The fourth-order valence-corrected chi connectivity index (χ4v) is 0.790. The molecule has 0 fully saturated rings. The SMILES string of the molecule is CC1(C)C=CC(=N)C=NC1. The van der Waals surface area contributed by atoms with Gasteiger partial charge in [0.2, 0.25) is 0 Å². The van der Waals surface area contributed by atoms with Crippen LogP contribution in [0, 0.1) is 10.8 Å². The summed E-state index contributed by atoms with van der Waals surface area (Å²) >= 11 is 0. The molecule has 0 saturated heterocycles. The minimum atomic E-state index is 0.124. The fourth-order valence-electron chi connectivity index (χ4n) is 0.790. The Kier molecular flexibility index (Phi) is 1.70. The maximum absolute atomic E-state index is 7.27. The van der Waals surface area contributed by atoms with E-state index in [9.17, 15) is 0 Å². The molecule has 2 nitrogen and oxygen atoms in total. The molecule has 10 heavy (non-hydrogen) atoms. The highest BCUT2D eigenvalue weighted by Crippen LogP contribution is 2.18. The molecule has 0 aromatic heterocycles. The zero-order valence-corrected chi connectivity index (χ0v) is 6.39. The van der Waals surface area contributed by atoms with Gasteiger partial charge >= 0.3 is 0 Å². The van der Waals surface area contributed by atoms with E-state index in [1.54, 1.807) is 12.3 Å². The summed E-state index contributed by atoms with van der Waals surface area (Å²) in [4.78, 5) is 4.09. The van der Waals surface area contributed by atoms with Crippen molar-refractivity contribution in [3.05, 3.63) is 12.2 Å². The lowest BCUT2D eigenvalue weighted by Crippen LogP contribution is -2.10. The average molecular weight is 136 g/mol. The Morgan fingerprint density at radius 3 is 3.00 bits per heavy atom. The van der Waals surface area contributed by atoms with Gasteiger partial charge in [-0.15, -0.1) is 0 Å². The average Bonchev–Trinajstić information content (AvgIpc) is 1.94. The number of allylic oxidation sites excluding steroid dienone is 1. The van der Waals surface area contributed by atoms with Gasteiger partial charge in [-0.05, 0) is 6.08 Å². The first-order chi connectivity index (χ1) is 4.60. The molecule has 0 aliphatic carbocycles. The molecule has 0 atom stereocenters. The topological polar surface area (TPSA) is 36.2 Å². The quantitative estimate of drug-likeness (QED) is 0.526. The van der Waals surface area contributed by atoms with Gasteiger partial charge in [0.1, 0.15) is 0 Å². The largest absolute Gasteiger partial charge is 0.299 e. The fraction of sp³-hybridized carbons (Fsp3) is 0.500. The van der Waals surface area contributed by atoms with Gasteiger partial charge in [-0.2, -0.15) is 0 Å². The molecule has 1 aliphatic heterocycles. The van der Waals surface area contributed by atoms with Crippen LogP contribution in [0.1, 0.15) is 13.8 Å². The van der Waals surface area contributed by atoms with Crippen LogP contribution in [0.15, 0.2) is 17.1 Å². The Bertz CT molecular complexity index is 199. The first-order valence-corrected chi connectivity index (χ1v) is 3.38. The molecule has 0 amide bonds. The second-order valence-electron chi connectivity index (χ2n) is 3.25. The summed E-state index contributed by atoms with van der Waals surface area (Å²) < 4.78 is 0. The molecule has 1 N–H and O–H groups in total. The molecule has 1 rings (SSSR count). The Hall–Kier alpha value is -0.920. The second-order valence-corrected chi connectivity index (χ2v) is 3.25. The molecule has 1 heterocycles. The maximum atomic E-state index is 7.27. The lowest BCUT2D eigenvalue weighted by Gasteiger charge is -2.14. The number of hydrogen-bond donors (Lipinski definition) is 1. The molecule has 0 radical (unpaired) electrons. The maximum Gasteiger partial charge on any atom is 0.0715 e. The van der Waals surface area contributed by atoms with E-state index in [0.29, 0.717) is 5.71 Å². The molecule has 0 aromatic carbocycles. The zero-order chi connectivity index (χ0) is 7.61. The van der Waals surface area contributed by atoms with Crippen LogP contribution in [-0.4, -0.2) is 18.5 Å². The predicted octanol–water partition coefficient (Wildman–Crippen LogP) is 1.67. The van der Waals surface area contributed by atoms with E-state index in [0.717, 1.165) is 6.54 Å². The van der Waals surface area contributed by atoms with Crippen LogP contribution in [0.25, 0.3) is 0 Å². The highest BCUT2D eigenvalue weighted by atomic mass is 14.7. The standard InChI is InChI=1S/C8H12N2/c1-8(2)4-3-7(9)5-10-6-8/h3-5,9H,6H2,1-2H3. The van der Waals surface area contributed by atoms with E-state index in [1.165, 1.54) is 0 Å². The van der Waals surface area contributed by atoms with Crippen LogP contribution < -0.4 is 0 Å². The van der Waals surface area contributed by atoms with E-state index in [-0.39, 0.29) is 5.41 Å². The van der Waals surface area contributed by atoms with Crippen molar-refractivity contribution in [2.45, 2.75) is 13.8 Å². The number of aliphatic imine (C=N–C) groups is 1. The second kappa shape index (κ2) is 2.37. The zero-order valence-electron chi connectivity index (χ0n) is 6.39. The van der Waals surface area contributed by atoms with Crippen molar-refractivity contribution < 1.29 is 0 Å². The van der Waals surface area contributed by atoms with Gasteiger partial charge in [-0.25, -0.2) is 0 Å². The monoisotopic (exact) mass is 136 g/mol. The van der Waals surface area contributed by atoms with Gasteiger partial charge in [0.25, 0.3) is 0 Å². The third-order valence-electron chi connectivity index (χ3n) is 1.44. The number of nitrogens with one attached hydrogen (secondary N) is 1. The molecule has 1 aliphatic rings. The van der Waals surface area contributed by atoms with E-state index < -0.39 is 0 Å². The third-order valence-corrected chi connectivity index (χ3v) is 1.44. The van der Waals surface area contributed by atoms with Gasteiger partial charge < -0.3 is 0 Å². The van der Waals surface area contributed by atoms with Crippen LogP contribution in [0.4, 0.5) is 0 Å². The van der Waals surface area contributed by atoms with Crippen LogP contribution in [0.3, 0.4) is 0 Å². The highest BCUT2D eigenvalue weighted by molar-refractivity contribution is 6.34. The van der Waals surface area contributed by atoms with Crippen LogP contribution in [0.2, 0.25) is 0 Å². The summed E-state index contributed by atoms with van der Waals surface area (Å²) in [6.45, 7) is 5.00. The molecular formula is C8H12N2. The number of nitrogens with zero attached hydrogens (tertiary/aromatic N) is 1. The van der Waals surface area contributed by atoms with E-state index >= 15 is 0 Å². The van der Waals surface area contributed by atoms with Gasteiger partial charge in [0.15, 0.2) is 0 Å². The Morgan fingerprint density at radius 2 is 2.30 bits per heavy atom. The summed E-state index contributed by atoms with van der Waals surface area (Å²) in [5.74, 6) is 0. The molecule has 0 saturated carbocycles. The van der Waals surface area contributed by atoms with Crippen molar-refractivity contribution in [3.63, 3.8) is 0 Å². The van der Waals surface area contributed by atoms with Gasteiger partial charge in [0.05, 0.1) is 5.71 Å². The summed E-state index contributed by atoms with van der Waals surface area (Å²) in [5, 5.41) is 7.27. The molecule has 0 unspecified atom stereocenters. The minimum absolute atomic E-state index is 0.124. The first-order valence-electron chi connectivity index (χ1n) is 3.38. The Morgan fingerprint density at radius 1 is 1.60 bits per heavy atom. The van der Waals surface area contributed by atoms with Crippen molar-refractivity contribution >= 4 is 11.9 Å². The normalized spacial score (nSPS) is 22.8. The van der Waals surface area contributed by atoms with Crippen LogP contribution in [0.5, 0.6) is 0 Å². The van der Waals surface area contributed by atoms with Gasteiger partial charge in [0, 0.05) is 18.2 Å². The van der Waals surface area contributed by atoms with E-state index in [2.05, 4.69) is 18.8 Å². The van der Waals surface area contributed by atoms with Crippen LogP contribution >= 0.6 is 0 Å². The molecule has 0 aromatic rings. The predicted molar refractivity (Wildman–Crippen MR) is 44.0 cm³/mol. The summed E-state index contributed by atoms with van der Waals surface area (Å²) in [6, 6.07) is 0. The summed E-state index contributed by atoms with van der Waals surface area (Å²) in [6.07, 6.45) is 5.43. The molecular weight excluding hydrogens is 124 g/mol. The van der Waals surface area contributed by atoms with E-state index in [1.807, 2.05) is 6.08 Å². The first kappa shape index (κ1) is 7.19. The minimum Gasteiger partial charge on any atom is -0.299 e. The smallest absolute Gasteiger partial charge is 0.0715 e. The Balaban J connectivity index is 2.82. The lowest BCUT2D eigenvalue weighted by atomic mass is 9.93. The lowest BCUT2D eigenvalue weighted by molar-refractivity contribution is 0.499.